The molecule has 0 saturated carbocycles. The van der Waals surface area contributed by atoms with E-state index < -0.39 is 0 Å². The maximum Gasteiger partial charge on any atom is 0.0660 e. The third kappa shape index (κ3) is 4.08. The third-order valence-corrected chi connectivity index (χ3v) is 4.02. The average Bonchev–Trinajstić information content (AvgIpc) is 2.99. The normalized spacial score (nSPS) is 22.1. The minimum Gasteiger partial charge on any atom is -0.385 e. The predicted octanol–water partition coefficient (Wildman–Crippen LogP) is 3.16. The Bertz CT molecular complexity index is 553. The number of nitrogens with zero attached hydrogens (tertiary/aromatic N) is 2. The van der Waals surface area contributed by atoms with Gasteiger partial charge in [0.25, 0.3) is 0 Å². The zero-order chi connectivity index (χ0) is 14.5. The van der Waals surface area contributed by atoms with Gasteiger partial charge in [-0.1, -0.05) is 12.1 Å². The number of rotatable bonds is 5. The summed E-state index contributed by atoms with van der Waals surface area (Å²) in [5.74, 6) is 0.712. The van der Waals surface area contributed by atoms with E-state index in [-0.39, 0.29) is 0 Å². The lowest BCUT2D eigenvalue weighted by Gasteiger charge is -2.27. The van der Waals surface area contributed by atoms with Crippen molar-refractivity contribution in [3.05, 3.63) is 48.3 Å². The molecule has 0 spiro atoms. The summed E-state index contributed by atoms with van der Waals surface area (Å²) < 4.78 is 7.54. The molecule has 1 fully saturated rings. The first kappa shape index (κ1) is 14.1. The van der Waals surface area contributed by atoms with Gasteiger partial charge in [-0.05, 0) is 49.4 Å². The van der Waals surface area contributed by atoms with Crippen LogP contribution in [0.25, 0.3) is 0 Å². The quantitative estimate of drug-likeness (QED) is 0.917. The van der Waals surface area contributed by atoms with E-state index in [0.717, 1.165) is 32.5 Å². The van der Waals surface area contributed by atoms with Crippen molar-refractivity contribution in [2.45, 2.75) is 32.4 Å². The van der Waals surface area contributed by atoms with Crippen LogP contribution >= 0.6 is 0 Å². The second-order valence-corrected chi connectivity index (χ2v) is 5.86. The topological polar surface area (TPSA) is 39.1 Å². The van der Waals surface area contributed by atoms with Gasteiger partial charge < -0.3 is 10.1 Å². The van der Waals surface area contributed by atoms with Gasteiger partial charge in [-0.25, -0.2) is 0 Å². The van der Waals surface area contributed by atoms with Gasteiger partial charge in [0.1, 0.15) is 0 Å². The minimum atomic E-state index is 0.400. The summed E-state index contributed by atoms with van der Waals surface area (Å²) in [6, 6.07) is 10.5. The van der Waals surface area contributed by atoms with E-state index >= 15 is 0 Å². The smallest absolute Gasteiger partial charge is 0.0660 e. The highest BCUT2D eigenvalue weighted by molar-refractivity contribution is 5.45. The van der Waals surface area contributed by atoms with E-state index in [2.05, 4.69) is 41.6 Å². The molecule has 21 heavy (non-hydrogen) atoms. The fraction of sp³-hybridized carbons (Fsp3) is 0.471. The molecule has 0 unspecified atom stereocenters. The first-order chi connectivity index (χ1) is 10.3. The maximum atomic E-state index is 5.60. The van der Waals surface area contributed by atoms with E-state index in [9.17, 15) is 0 Å². The summed E-state index contributed by atoms with van der Waals surface area (Å²) in [5.41, 5.74) is 2.46. The summed E-state index contributed by atoms with van der Waals surface area (Å²) in [6.45, 7) is 4.90. The van der Waals surface area contributed by atoms with Crippen molar-refractivity contribution in [3.8, 4) is 0 Å². The van der Waals surface area contributed by atoms with Crippen molar-refractivity contribution in [2.75, 3.05) is 18.5 Å². The van der Waals surface area contributed by atoms with Crippen molar-refractivity contribution >= 4 is 5.69 Å². The molecule has 1 aromatic carbocycles. The van der Waals surface area contributed by atoms with Gasteiger partial charge in [0.2, 0.25) is 0 Å². The molecule has 0 bridgehead atoms. The first-order valence-corrected chi connectivity index (χ1v) is 7.71. The summed E-state index contributed by atoms with van der Waals surface area (Å²) in [4.78, 5) is 0. The van der Waals surface area contributed by atoms with Crippen LogP contribution in [0.1, 0.15) is 25.3 Å². The van der Waals surface area contributed by atoms with Crippen LogP contribution in [0.15, 0.2) is 42.7 Å². The van der Waals surface area contributed by atoms with Crippen LogP contribution in [0.2, 0.25) is 0 Å². The molecule has 2 aromatic rings. The largest absolute Gasteiger partial charge is 0.385 e. The Hall–Kier alpha value is -1.81. The van der Waals surface area contributed by atoms with Crippen molar-refractivity contribution in [3.63, 3.8) is 0 Å². The van der Waals surface area contributed by atoms with Gasteiger partial charge in [-0.15, -0.1) is 0 Å². The van der Waals surface area contributed by atoms with Gasteiger partial charge in [0.15, 0.2) is 0 Å². The molecule has 0 amide bonds. The van der Waals surface area contributed by atoms with Crippen LogP contribution in [0.4, 0.5) is 5.69 Å². The molecule has 1 N–H and O–H groups in total. The van der Waals surface area contributed by atoms with Crippen molar-refractivity contribution in [2.24, 2.45) is 5.92 Å². The Kier molecular flexibility index (Phi) is 4.55. The van der Waals surface area contributed by atoms with Gasteiger partial charge in [0.05, 0.1) is 12.6 Å². The molecule has 1 aliphatic rings. The Morgan fingerprint density at radius 2 is 2.33 bits per heavy atom. The summed E-state index contributed by atoms with van der Waals surface area (Å²) >= 11 is 0. The highest BCUT2D eigenvalue weighted by Crippen LogP contribution is 2.21. The van der Waals surface area contributed by atoms with E-state index in [0.29, 0.717) is 12.0 Å². The summed E-state index contributed by atoms with van der Waals surface area (Å²) in [6.07, 6.45) is 6.51. The Morgan fingerprint density at radius 1 is 1.38 bits per heavy atom. The number of hydrogen-bond donors (Lipinski definition) is 1. The molecule has 112 valence electrons. The van der Waals surface area contributed by atoms with Crippen LogP contribution in [0.5, 0.6) is 0 Å². The molecule has 0 radical (unpaired) electrons. The van der Waals surface area contributed by atoms with Crippen LogP contribution in [0.3, 0.4) is 0 Å². The van der Waals surface area contributed by atoms with E-state index in [1.807, 2.05) is 23.1 Å². The highest BCUT2D eigenvalue weighted by atomic mass is 16.5. The fourth-order valence-corrected chi connectivity index (χ4v) is 2.90. The molecule has 3 rings (SSSR count). The Morgan fingerprint density at radius 3 is 3.14 bits per heavy atom. The predicted molar refractivity (Wildman–Crippen MR) is 84.4 cm³/mol. The number of nitrogens with one attached hydrogen (secondary N) is 1. The highest BCUT2D eigenvalue weighted by Gasteiger charge is 2.18. The Labute approximate surface area is 126 Å². The van der Waals surface area contributed by atoms with E-state index in [1.165, 1.54) is 11.3 Å². The number of aromatic nitrogens is 2. The molecule has 4 nitrogen and oxygen atoms in total. The van der Waals surface area contributed by atoms with Gasteiger partial charge >= 0.3 is 0 Å². The summed E-state index contributed by atoms with van der Waals surface area (Å²) in [5, 5.41) is 7.82. The van der Waals surface area contributed by atoms with Gasteiger partial charge in [0, 0.05) is 31.2 Å². The number of anilines is 1. The standard InChI is InChI=1S/C17H23N3O/c1-14-10-15(6-9-21-14)12-18-17-5-2-4-16(11-17)13-20-8-3-7-19-20/h2-5,7-8,11,14-15,18H,6,9-10,12-13H2,1H3/t14-,15-/m1/s1. The third-order valence-electron chi connectivity index (χ3n) is 4.02. The number of ether oxygens (including phenoxy) is 1. The van der Waals surface area contributed by atoms with E-state index in [1.54, 1.807) is 0 Å². The fourth-order valence-electron chi connectivity index (χ4n) is 2.90. The van der Waals surface area contributed by atoms with Crippen molar-refractivity contribution < 1.29 is 4.74 Å². The Balaban J connectivity index is 1.55. The zero-order valence-corrected chi connectivity index (χ0v) is 12.5. The molecule has 1 saturated heterocycles. The second-order valence-electron chi connectivity index (χ2n) is 5.86. The van der Waals surface area contributed by atoms with Crippen LogP contribution in [-0.4, -0.2) is 29.0 Å². The molecule has 2 heterocycles. The zero-order valence-electron chi connectivity index (χ0n) is 12.5. The van der Waals surface area contributed by atoms with Crippen molar-refractivity contribution in [1.82, 2.24) is 9.78 Å². The molecular weight excluding hydrogens is 262 g/mol. The molecule has 0 aliphatic carbocycles. The number of benzene rings is 1. The van der Waals surface area contributed by atoms with Crippen LogP contribution in [0, 0.1) is 5.92 Å². The van der Waals surface area contributed by atoms with Gasteiger partial charge in [-0.2, -0.15) is 5.10 Å². The van der Waals surface area contributed by atoms with Crippen LogP contribution in [-0.2, 0) is 11.3 Å². The summed E-state index contributed by atoms with van der Waals surface area (Å²) in [7, 11) is 0. The lowest BCUT2D eigenvalue weighted by Crippen LogP contribution is -2.27. The molecule has 1 aliphatic heterocycles. The molecule has 4 heteroatoms. The maximum absolute atomic E-state index is 5.60. The molecular formula is C17H23N3O. The number of hydrogen-bond acceptors (Lipinski definition) is 3. The monoisotopic (exact) mass is 285 g/mol. The lowest BCUT2D eigenvalue weighted by atomic mass is 9.96. The van der Waals surface area contributed by atoms with Gasteiger partial charge in [-0.3, -0.25) is 4.68 Å². The lowest BCUT2D eigenvalue weighted by molar-refractivity contribution is 0.00558. The second kappa shape index (κ2) is 6.76. The molecule has 2 atom stereocenters. The van der Waals surface area contributed by atoms with Crippen LogP contribution < -0.4 is 5.32 Å². The molecule has 1 aromatic heterocycles. The first-order valence-electron chi connectivity index (χ1n) is 7.71. The SMILES string of the molecule is C[C@@H]1C[C@H](CNc2cccc(Cn3cccn3)c2)CCO1. The average molecular weight is 285 g/mol. The van der Waals surface area contributed by atoms with E-state index in [4.69, 9.17) is 4.74 Å². The minimum absolute atomic E-state index is 0.400. The van der Waals surface area contributed by atoms with Crippen molar-refractivity contribution in [1.29, 1.82) is 0 Å².